The Bertz CT molecular complexity index is 758. The smallest absolute Gasteiger partial charge is 0.416 e. The first-order chi connectivity index (χ1) is 22.7. The number of ether oxygens (including phenoxy) is 10. The van der Waals surface area contributed by atoms with E-state index in [1.54, 1.807) is 20.8 Å². The lowest BCUT2D eigenvalue weighted by Crippen LogP contribution is -2.65. The highest BCUT2D eigenvalue weighted by atomic mass is 17.0. The van der Waals surface area contributed by atoms with Crippen LogP contribution >= 0.6 is 0 Å². The van der Waals surface area contributed by atoms with E-state index in [0.717, 1.165) is 32.1 Å². The minimum Gasteiger partial charge on any atom is -0.481 e. The first kappa shape index (κ1) is 45.6. The fraction of sp³-hybridized carbons (Fsp3) is 0.941. The molecule has 0 radical (unpaired) electrons. The Hall–Kier alpha value is -1.42. The highest BCUT2D eigenvalue weighted by Crippen LogP contribution is 2.38. The van der Waals surface area contributed by atoms with Gasteiger partial charge in [-0.05, 0) is 67.2 Å². The standard InChI is InChI=1S/C34H66O13/c1-9-17-21-26-38-29(32(39-11-3,40-12-4)41-13-5)25-28-46-33(42-14-6,43-15-7)34(44-16-8,45-27-22-18-10-2)47-31(37)24-20-19-23-30(35)36/h29H,9-28H2,1-8H3,(H,35,36). The lowest BCUT2D eigenvalue weighted by Gasteiger charge is -2.45. The first-order valence-corrected chi connectivity index (χ1v) is 17.8. The number of carboxylic acid groups (broad SMARTS) is 1. The largest absolute Gasteiger partial charge is 0.481 e. The van der Waals surface area contributed by atoms with Crippen molar-refractivity contribution in [2.24, 2.45) is 0 Å². The second kappa shape index (κ2) is 27.4. The van der Waals surface area contributed by atoms with Crippen molar-refractivity contribution in [1.82, 2.24) is 0 Å². The van der Waals surface area contributed by atoms with Gasteiger partial charge in [0.1, 0.15) is 6.10 Å². The SMILES string of the molecule is CCCCCOC(CCOC(OCC)(OCC)C(OCC)(OCCCCC)OC(=O)CCCCC(=O)O)C(OCC)(OCC)OCC. The zero-order chi connectivity index (χ0) is 35.4. The van der Waals surface area contributed by atoms with E-state index in [1.807, 2.05) is 20.8 Å². The van der Waals surface area contributed by atoms with Gasteiger partial charge in [0, 0.05) is 58.9 Å². The molecular weight excluding hydrogens is 616 g/mol. The molecule has 0 aliphatic heterocycles. The van der Waals surface area contributed by atoms with Crippen LogP contribution in [0.15, 0.2) is 0 Å². The number of aliphatic carboxylic acids is 1. The number of hydrogen-bond acceptors (Lipinski definition) is 12. The molecule has 13 heteroatoms. The average Bonchev–Trinajstić information content (AvgIpc) is 3.03. The highest BCUT2D eigenvalue weighted by molar-refractivity contribution is 5.70. The summed E-state index contributed by atoms with van der Waals surface area (Å²) in [6, 6.07) is 0. The molecule has 0 aliphatic carbocycles. The molecule has 0 aromatic rings. The Morgan fingerprint density at radius 3 is 1.49 bits per heavy atom. The third-order valence-corrected chi connectivity index (χ3v) is 6.86. The van der Waals surface area contributed by atoms with E-state index in [-0.39, 0.29) is 52.3 Å². The summed E-state index contributed by atoms with van der Waals surface area (Å²) in [6.45, 7) is 16.8. The average molecular weight is 683 g/mol. The van der Waals surface area contributed by atoms with Crippen LogP contribution in [0.3, 0.4) is 0 Å². The molecule has 0 rings (SSSR count). The normalized spacial score (nSPS) is 14.2. The summed E-state index contributed by atoms with van der Waals surface area (Å²) in [7, 11) is 0. The van der Waals surface area contributed by atoms with E-state index in [1.165, 1.54) is 0 Å². The molecule has 0 heterocycles. The lowest BCUT2D eigenvalue weighted by atomic mass is 10.2. The summed E-state index contributed by atoms with van der Waals surface area (Å²) < 4.78 is 61.5. The number of rotatable bonds is 34. The maximum Gasteiger partial charge on any atom is 0.416 e. The lowest BCUT2D eigenvalue weighted by molar-refractivity contribution is -0.551. The predicted octanol–water partition coefficient (Wildman–Crippen LogP) is 6.54. The first-order valence-electron chi connectivity index (χ1n) is 17.8. The molecule has 47 heavy (non-hydrogen) atoms. The number of carbonyl (C=O) groups excluding carboxylic acids is 1. The van der Waals surface area contributed by atoms with E-state index in [0.29, 0.717) is 45.7 Å². The number of hydrogen-bond donors (Lipinski definition) is 1. The van der Waals surface area contributed by atoms with Gasteiger partial charge in [-0.15, -0.1) is 0 Å². The minimum atomic E-state index is -2.24. The summed E-state index contributed by atoms with van der Waals surface area (Å²) in [4.78, 5) is 24.2. The molecule has 0 aliphatic rings. The summed E-state index contributed by atoms with van der Waals surface area (Å²) in [5, 5.41) is 9.00. The second-order valence-corrected chi connectivity index (χ2v) is 10.6. The minimum absolute atomic E-state index is 0.0449. The van der Waals surface area contributed by atoms with Crippen molar-refractivity contribution in [1.29, 1.82) is 0 Å². The highest BCUT2D eigenvalue weighted by Gasteiger charge is 2.63. The summed E-state index contributed by atoms with van der Waals surface area (Å²) in [5.41, 5.74) is 0. The zero-order valence-corrected chi connectivity index (χ0v) is 30.6. The van der Waals surface area contributed by atoms with Crippen LogP contribution < -0.4 is 0 Å². The fourth-order valence-electron chi connectivity index (χ4n) is 4.85. The molecule has 280 valence electrons. The monoisotopic (exact) mass is 682 g/mol. The van der Waals surface area contributed by atoms with Gasteiger partial charge < -0.3 is 52.5 Å². The van der Waals surface area contributed by atoms with Crippen molar-refractivity contribution >= 4 is 11.9 Å². The van der Waals surface area contributed by atoms with Gasteiger partial charge in [0.15, 0.2) is 0 Å². The van der Waals surface area contributed by atoms with Crippen molar-refractivity contribution in [2.75, 3.05) is 59.5 Å². The molecule has 0 bridgehead atoms. The fourth-order valence-corrected chi connectivity index (χ4v) is 4.85. The van der Waals surface area contributed by atoms with Crippen LogP contribution in [-0.2, 0) is 57.0 Å². The number of unbranched alkanes of at least 4 members (excludes halogenated alkanes) is 5. The van der Waals surface area contributed by atoms with Crippen LogP contribution in [0.5, 0.6) is 0 Å². The molecule has 2 unspecified atom stereocenters. The van der Waals surface area contributed by atoms with Crippen molar-refractivity contribution < 1.29 is 62.1 Å². The molecule has 0 aromatic carbocycles. The van der Waals surface area contributed by atoms with Gasteiger partial charge in [-0.25, -0.2) is 0 Å². The third-order valence-electron chi connectivity index (χ3n) is 6.86. The predicted molar refractivity (Wildman–Crippen MR) is 175 cm³/mol. The van der Waals surface area contributed by atoms with Gasteiger partial charge in [-0.1, -0.05) is 39.5 Å². The maximum absolute atomic E-state index is 13.3. The molecule has 0 amide bonds. The van der Waals surface area contributed by atoms with Crippen molar-refractivity contribution in [3.05, 3.63) is 0 Å². The molecular formula is C34H66O13. The van der Waals surface area contributed by atoms with Crippen molar-refractivity contribution in [3.63, 3.8) is 0 Å². The second-order valence-electron chi connectivity index (χ2n) is 10.6. The van der Waals surface area contributed by atoms with Crippen molar-refractivity contribution in [3.8, 4) is 0 Å². The Labute approximate surface area is 283 Å². The van der Waals surface area contributed by atoms with Gasteiger partial charge in [0.25, 0.3) is 0 Å². The van der Waals surface area contributed by atoms with E-state index >= 15 is 0 Å². The molecule has 13 nitrogen and oxygen atoms in total. The van der Waals surface area contributed by atoms with Crippen LogP contribution in [0.25, 0.3) is 0 Å². The summed E-state index contributed by atoms with van der Waals surface area (Å²) >= 11 is 0. The van der Waals surface area contributed by atoms with Gasteiger partial charge in [0.2, 0.25) is 0 Å². The molecule has 0 saturated carbocycles. The van der Waals surface area contributed by atoms with Crippen molar-refractivity contribution in [2.45, 2.75) is 150 Å². The molecule has 0 saturated heterocycles. The summed E-state index contributed by atoms with van der Waals surface area (Å²) in [6.07, 6.45) is 5.33. The molecule has 0 fully saturated rings. The van der Waals surface area contributed by atoms with E-state index in [4.69, 9.17) is 52.5 Å². The molecule has 2 atom stereocenters. The Morgan fingerprint density at radius 2 is 1.00 bits per heavy atom. The molecule has 0 spiro atoms. The van der Waals surface area contributed by atoms with Crippen LogP contribution in [0.4, 0.5) is 0 Å². The number of carbonyl (C=O) groups is 2. The zero-order valence-electron chi connectivity index (χ0n) is 30.6. The number of carboxylic acids is 1. The maximum atomic E-state index is 13.3. The Kier molecular flexibility index (Phi) is 26.6. The van der Waals surface area contributed by atoms with Gasteiger partial charge in [-0.2, -0.15) is 0 Å². The summed E-state index contributed by atoms with van der Waals surface area (Å²) in [5.74, 6) is -7.46. The Morgan fingerprint density at radius 1 is 0.532 bits per heavy atom. The third kappa shape index (κ3) is 16.7. The van der Waals surface area contributed by atoms with Crippen LogP contribution in [0.2, 0.25) is 0 Å². The van der Waals surface area contributed by atoms with Gasteiger partial charge in [0.05, 0.1) is 19.8 Å². The van der Waals surface area contributed by atoms with Crippen LogP contribution in [-0.4, -0.2) is 101 Å². The molecule has 0 aromatic heterocycles. The van der Waals surface area contributed by atoms with Gasteiger partial charge in [-0.3, -0.25) is 9.59 Å². The van der Waals surface area contributed by atoms with Crippen LogP contribution in [0, 0.1) is 0 Å². The van der Waals surface area contributed by atoms with E-state index in [2.05, 4.69) is 13.8 Å². The van der Waals surface area contributed by atoms with E-state index < -0.39 is 36.0 Å². The van der Waals surface area contributed by atoms with E-state index in [9.17, 15) is 9.59 Å². The Balaban J connectivity index is 6.60. The quantitative estimate of drug-likeness (QED) is 0.0445. The van der Waals surface area contributed by atoms with Gasteiger partial charge >= 0.3 is 29.9 Å². The molecule has 1 N–H and O–H groups in total. The topological polar surface area (TPSA) is 147 Å². The van der Waals surface area contributed by atoms with Crippen LogP contribution in [0.1, 0.15) is 126 Å². The number of esters is 1.